The van der Waals surface area contributed by atoms with E-state index < -0.39 is 0 Å². The highest BCUT2D eigenvalue weighted by Crippen LogP contribution is 2.47. The second-order valence-electron chi connectivity index (χ2n) is 7.17. The molecule has 2 atom stereocenters. The van der Waals surface area contributed by atoms with Crippen molar-refractivity contribution in [2.75, 3.05) is 7.11 Å². The van der Waals surface area contributed by atoms with Crippen LogP contribution in [0.25, 0.3) is 31.8 Å². The molecule has 0 unspecified atom stereocenters. The first-order chi connectivity index (χ1) is 13.5. The molecule has 0 radical (unpaired) electrons. The number of fused-ring (bicyclic) bond motifs is 4. The van der Waals surface area contributed by atoms with E-state index in [9.17, 15) is 4.39 Å². The lowest BCUT2D eigenvalue weighted by molar-refractivity contribution is 0.224. The molecule has 0 saturated carbocycles. The van der Waals surface area contributed by atoms with Gasteiger partial charge in [0.1, 0.15) is 11.1 Å². The number of aryl methyl sites for hydroxylation is 1. The van der Waals surface area contributed by atoms with Crippen molar-refractivity contribution in [3.05, 3.63) is 41.3 Å². The Morgan fingerprint density at radius 3 is 2.75 bits per heavy atom. The van der Waals surface area contributed by atoms with Gasteiger partial charge in [0.05, 0.1) is 34.6 Å². The van der Waals surface area contributed by atoms with Crippen molar-refractivity contribution in [1.29, 1.82) is 0 Å². The van der Waals surface area contributed by atoms with Crippen molar-refractivity contribution in [2.45, 2.75) is 32.8 Å². The third-order valence-corrected chi connectivity index (χ3v) is 6.43. The number of benzene rings is 2. The SMILES string of the molecule is COc1cnc2c(-c3nc4cc(F)c5c(c4s3)[C@@H](C)[C@@H](C)O5)cc(C)cc2n1. The summed E-state index contributed by atoms with van der Waals surface area (Å²) in [5.74, 6) is 0.587. The molecule has 0 spiro atoms. The number of hydrogen-bond acceptors (Lipinski definition) is 6. The van der Waals surface area contributed by atoms with E-state index in [1.165, 1.54) is 6.07 Å². The van der Waals surface area contributed by atoms with Crippen LogP contribution in [0.1, 0.15) is 30.9 Å². The molecule has 1 aliphatic rings. The maximum absolute atomic E-state index is 14.6. The van der Waals surface area contributed by atoms with Crippen molar-refractivity contribution in [3.8, 4) is 22.2 Å². The van der Waals surface area contributed by atoms with Crippen LogP contribution >= 0.6 is 11.3 Å². The molecule has 3 heterocycles. The first-order valence-corrected chi connectivity index (χ1v) is 9.89. The predicted molar refractivity (Wildman–Crippen MR) is 108 cm³/mol. The minimum atomic E-state index is -0.353. The molecule has 0 amide bonds. The minimum Gasteiger partial charge on any atom is -0.487 e. The van der Waals surface area contributed by atoms with Crippen LogP contribution < -0.4 is 9.47 Å². The van der Waals surface area contributed by atoms with Crippen LogP contribution in [0.15, 0.2) is 24.4 Å². The summed E-state index contributed by atoms with van der Waals surface area (Å²) in [6.45, 7) is 6.04. The Morgan fingerprint density at radius 2 is 1.96 bits per heavy atom. The molecule has 5 nitrogen and oxygen atoms in total. The number of thiazole rings is 1. The molecule has 1 aliphatic heterocycles. The van der Waals surface area contributed by atoms with Crippen LogP contribution in [0.5, 0.6) is 11.6 Å². The fourth-order valence-corrected chi connectivity index (χ4v) is 4.92. The Kier molecular flexibility index (Phi) is 3.77. The summed E-state index contributed by atoms with van der Waals surface area (Å²) < 4.78 is 26.5. The molecule has 2 aromatic heterocycles. The molecule has 5 rings (SSSR count). The van der Waals surface area contributed by atoms with Crippen LogP contribution in [-0.4, -0.2) is 28.2 Å². The van der Waals surface area contributed by atoms with Crippen LogP contribution in [0, 0.1) is 12.7 Å². The predicted octanol–water partition coefficient (Wildman–Crippen LogP) is 5.25. The van der Waals surface area contributed by atoms with E-state index in [-0.39, 0.29) is 17.8 Å². The zero-order valence-corrected chi connectivity index (χ0v) is 16.7. The van der Waals surface area contributed by atoms with Gasteiger partial charge in [0.15, 0.2) is 11.6 Å². The highest BCUT2D eigenvalue weighted by molar-refractivity contribution is 7.22. The van der Waals surface area contributed by atoms with Crippen LogP contribution in [0.2, 0.25) is 0 Å². The lowest BCUT2D eigenvalue weighted by Gasteiger charge is -2.07. The number of halogens is 1. The summed E-state index contributed by atoms with van der Waals surface area (Å²) in [6, 6.07) is 5.47. The van der Waals surface area contributed by atoms with E-state index in [0.717, 1.165) is 37.4 Å². The molecule has 28 heavy (non-hydrogen) atoms. The number of hydrogen-bond donors (Lipinski definition) is 0. The summed E-state index contributed by atoms with van der Waals surface area (Å²) >= 11 is 1.55. The molecule has 2 aromatic carbocycles. The molecule has 7 heteroatoms. The normalized spacial score (nSPS) is 18.5. The molecule has 0 N–H and O–H groups in total. The van der Waals surface area contributed by atoms with Gasteiger partial charge in [0.2, 0.25) is 5.88 Å². The molecule has 0 bridgehead atoms. The average molecular weight is 395 g/mol. The van der Waals surface area contributed by atoms with E-state index >= 15 is 0 Å². The third-order valence-electron chi connectivity index (χ3n) is 5.29. The van der Waals surface area contributed by atoms with Gasteiger partial charge in [0, 0.05) is 23.1 Å². The molecule has 4 aromatic rings. The van der Waals surface area contributed by atoms with E-state index in [2.05, 4.69) is 16.9 Å². The topological polar surface area (TPSA) is 57.1 Å². The summed E-state index contributed by atoms with van der Waals surface area (Å²) in [6.07, 6.45) is 1.54. The Labute approximate surface area is 165 Å². The lowest BCUT2D eigenvalue weighted by Crippen LogP contribution is -2.10. The number of nitrogens with zero attached hydrogens (tertiary/aromatic N) is 3. The minimum absolute atomic E-state index is 0.0567. The first-order valence-electron chi connectivity index (χ1n) is 9.07. The van der Waals surface area contributed by atoms with Crippen molar-refractivity contribution >= 4 is 32.6 Å². The van der Waals surface area contributed by atoms with Gasteiger partial charge in [-0.2, -0.15) is 0 Å². The van der Waals surface area contributed by atoms with E-state index in [4.69, 9.17) is 14.5 Å². The van der Waals surface area contributed by atoms with Crippen molar-refractivity contribution in [1.82, 2.24) is 15.0 Å². The fraction of sp³-hybridized carbons (Fsp3) is 0.286. The third kappa shape index (κ3) is 2.46. The van der Waals surface area contributed by atoms with Crippen molar-refractivity contribution in [2.24, 2.45) is 0 Å². The Balaban J connectivity index is 1.77. The van der Waals surface area contributed by atoms with Gasteiger partial charge in [-0.1, -0.05) is 6.92 Å². The summed E-state index contributed by atoms with van der Waals surface area (Å²) in [5, 5.41) is 0.794. The second-order valence-corrected chi connectivity index (χ2v) is 8.17. The molecular formula is C21H18FN3O2S. The monoisotopic (exact) mass is 395 g/mol. The van der Waals surface area contributed by atoms with Crippen molar-refractivity contribution < 1.29 is 13.9 Å². The van der Waals surface area contributed by atoms with Crippen molar-refractivity contribution in [3.63, 3.8) is 0 Å². The van der Waals surface area contributed by atoms with Crippen LogP contribution in [0.4, 0.5) is 4.39 Å². The number of rotatable bonds is 2. The highest BCUT2D eigenvalue weighted by Gasteiger charge is 2.33. The number of ether oxygens (including phenoxy) is 2. The van der Waals surface area contributed by atoms with Crippen LogP contribution in [-0.2, 0) is 0 Å². The van der Waals surface area contributed by atoms with E-state index in [0.29, 0.717) is 17.1 Å². The molecule has 0 aliphatic carbocycles. The second kappa shape index (κ2) is 6.10. The summed E-state index contributed by atoms with van der Waals surface area (Å²) in [4.78, 5) is 13.8. The number of methoxy groups -OCH3 is 1. The quantitative estimate of drug-likeness (QED) is 0.464. The Hall–Kier alpha value is -2.80. The van der Waals surface area contributed by atoms with Crippen LogP contribution in [0.3, 0.4) is 0 Å². The highest BCUT2D eigenvalue weighted by atomic mass is 32.1. The molecule has 0 fully saturated rings. The average Bonchev–Trinajstić information content (AvgIpc) is 3.22. The van der Waals surface area contributed by atoms with Gasteiger partial charge >= 0.3 is 0 Å². The molecule has 142 valence electrons. The summed E-state index contributed by atoms with van der Waals surface area (Å²) in [7, 11) is 1.57. The maximum atomic E-state index is 14.6. The van der Waals surface area contributed by atoms with Gasteiger partial charge < -0.3 is 9.47 Å². The van der Waals surface area contributed by atoms with E-state index in [1.54, 1.807) is 24.6 Å². The number of aromatic nitrogens is 3. The van der Waals surface area contributed by atoms with E-state index in [1.807, 2.05) is 26.0 Å². The standard InChI is InChI=1S/C21H18FN3O2S/c1-9-5-12(18-14(6-9)24-16(26-4)8-23-18)21-25-15-7-13(22)19-17(20(15)28-21)10(2)11(3)27-19/h5-8,10-11H,1-4H3/t10-,11+/m0/s1. The Morgan fingerprint density at radius 1 is 1.14 bits per heavy atom. The maximum Gasteiger partial charge on any atom is 0.232 e. The molecule has 0 saturated heterocycles. The summed E-state index contributed by atoms with van der Waals surface area (Å²) in [5.41, 5.74) is 5.00. The lowest BCUT2D eigenvalue weighted by atomic mass is 9.98. The zero-order valence-electron chi connectivity index (χ0n) is 15.9. The van der Waals surface area contributed by atoms with Gasteiger partial charge in [-0.15, -0.1) is 11.3 Å². The van der Waals surface area contributed by atoms with Gasteiger partial charge in [-0.05, 0) is 31.5 Å². The molecular weight excluding hydrogens is 377 g/mol. The van der Waals surface area contributed by atoms with Gasteiger partial charge in [-0.3, -0.25) is 0 Å². The zero-order chi connectivity index (χ0) is 19.6. The fourth-order valence-electron chi connectivity index (χ4n) is 3.72. The largest absolute Gasteiger partial charge is 0.487 e. The van der Waals surface area contributed by atoms with Gasteiger partial charge in [0.25, 0.3) is 0 Å². The van der Waals surface area contributed by atoms with Gasteiger partial charge in [-0.25, -0.2) is 19.3 Å². The Bertz CT molecular complexity index is 1250. The first kappa shape index (κ1) is 17.3. The smallest absolute Gasteiger partial charge is 0.232 e.